The molecule has 1 fully saturated rings. The fraction of sp³-hybridized carbons (Fsp3) is 0.321. The van der Waals surface area contributed by atoms with Gasteiger partial charge in [0.15, 0.2) is 0 Å². The molecule has 0 bridgehead atoms. The zero-order valence-electron chi connectivity index (χ0n) is 20.2. The summed E-state index contributed by atoms with van der Waals surface area (Å²) in [6.07, 6.45) is 9.62. The zero-order chi connectivity index (χ0) is 24.4. The first kappa shape index (κ1) is 23.2. The van der Waals surface area contributed by atoms with Crippen LogP contribution >= 0.6 is 0 Å². The smallest absolute Gasteiger partial charge is 0.288 e. The second kappa shape index (κ2) is 9.60. The minimum absolute atomic E-state index is 0.0220. The molecule has 1 unspecified atom stereocenters. The van der Waals surface area contributed by atoms with E-state index >= 15 is 0 Å². The highest BCUT2D eigenvalue weighted by Gasteiger charge is 2.35. The lowest BCUT2D eigenvalue weighted by Gasteiger charge is -2.35. The Bertz CT molecular complexity index is 1260. The maximum absolute atomic E-state index is 11.4. The predicted octanol–water partition coefficient (Wildman–Crippen LogP) is 3.72. The Hall–Kier alpha value is -3.55. The average molecular weight is 470 g/mol. The quantitative estimate of drug-likeness (QED) is 0.570. The highest BCUT2D eigenvalue weighted by atomic mass is 16.5. The lowest BCUT2D eigenvalue weighted by Crippen LogP contribution is -2.38. The van der Waals surface area contributed by atoms with Crippen molar-refractivity contribution >= 4 is 11.5 Å². The van der Waals surface area contributed by atoms with Gasteiger partial charge >= 0.3 is 0 Å². The van der Waals surface area contributed by atoms with Crippen molar-refractivity contribution in [1.29, 1.82) is 0 Å². The Labute approximate surface area is 205 Å². The molecule has 2 N–H and O–H groups in total. The predicted molar refractivity (Wildman–Crippen MR) is 136 cm³/mol. The Balaban J connectivity index is 1.38. The molecule has 2 atom stereocenters. The molecule has 1 aliphatic heterocycles. The van der Waals surface area contributed by atoms with Crippen molar-refractivity contribution in [2.24, 2.45) is 5.73 Å². The van der Waals surface area contributed by atoms with Gasteiger partial charge in [0.25, 0.3) is 5.91 Å². The van der Waals surface area contributed by atoms with Crippen molar-refractivity contribution in [3.63, 3.8) is 0 Å². The van der Waals surface area contributed by atoms with Crippen LogP contribution in [0.5, 0.6) is 0 Å². The van der Waals surface area contributed by atoms with E-state index in [9.17, 15) is 4.79 Å². The molecule has 35 heavy (non-hydrogen) atoms. The number of aryl methyl sites for hydroxylation is 1. The van der Waals surface area contributed by atoms with Crippen LogP contribution in [0.15, 0.2) is 72.8 Å². The van der Waals surface area contributed by atoms with Crippen LogP contribution in [0.3, 0.4) is 0 Å². The minimum Gasteiger partial charge on any atom is -0.366 e. The molecule has 1 aromatic heterocycles. The summed E-state index contributed by atoms with van der Waals surface area (Å²) >= 11 is 0. The highest BCUT2D eigenvalue weighted by Crippen LogP contribution is 2.35. The second-order valence-electron chi connectivity index (χ2n) is 9.52. The summed E-state index contributed by atoms with van der Waals surface area (Å²) in [5, 5.41) is 4.23. The third-order valence-corrected chi connectivity index (χ3v) is 6.76. The van der Waals surface area contributed by atoms with E-state index in [0.29, 0.717) is 5.82 Å². The number of hydrogen-bond donors (Lipinski definition) is 1. The fourth-order valence-corrected chi connectivity index (χ4v) is 4.93. The summed E-state index contributed by atoms with van der Waals surface area (Å²) in [5.74, 6) is 0.00596. The summed E-state index contributed by atoms with van der Waals surface area (Å²) in [4.78, 5) is 17.9. The molecule has 1 aliphatic carbocycles. The Morgan fingerprint density at radius 2 is 1.94 bits per heavy atom. The van der Waals surface area contributed by atoms with Crippen LogP contribution in [-0.4, -0.2) is 57.4 Å². The molecule has 2 heterocycles. The third kappa shape index (κ3) is 5.11. The van der Waals surface area contributed by atoms with Crippen LogP contribution in [0.2, 0.25) is 0 Å². The molecule has 0 saturated carbocycles. The molecule has 7 nitrogen and oxygen atoms in total. The fourth-order valence-electron chi connectivity index (χ4n) is 4.93. The van der Waals surface area contributed by atoms with Gasteiger partial charge in [0.05, 0.1) is 17.4 Å². The topological polar surface area (TPSA) is 86.3 Å². The Morgan fingerprint density at radius 3 is 2.54 bits per heavy atom. The summed E-state index contributed by atoms with van der Waals surface area (Å²) in [6, 6.07) is 18.7. The van der Waals surface area contributed by atoms with Crippen molar-refractivity contribution in [3.05, 3.63) is 95.6 Å². The molecular formula is C28H31N5O2. The van der Waals surface area contributed by atoms with Crippen molar-refractivity contribution in [3.8, 4) is 5.69 Å². The van der Waals surface area contributed by atoms with Crippen molar-refractivity contribution < 1.29 is 9.53 Å². The van der Waals surface area contributed by atoms with Gasteiger partial charge in [-0.1, -0.05) is 60.7 Å². The largest absolute Gasteiger partial charge is 0.366 e. The SMILES string of the molecule is Cc1nc(C(N)=O)nn1-c1ccc(C[C@]2(OC3CCN(C)C3)C=CC(c3ccccc3)=CC2)cc1. The van der Waals surface area contributed by atoms with Gasteiger partial charge in [0.2, 0.25) is 5.82 Å². The maximum atomic E-state index is 11.4. The van der Waals surface area contributed by atoms with Crippen LogP contribution in [0.25, 0.3) is 11.3 Å². The molecule has 0 spiro atoms. The van der Waals surface area contributed by atoms with E-state index in [-0.39, 0.29) is 11.9 Å². The number of nitrogens with zero attached hydrogens (tertiary/aromatic N) is 4. The van der Waals surface area contributed by atoms with Crippen LogP contribution in [0, 0.1) is 6.92 Å². The molecule has 180 valence electrons. The summed E-state index contributed by atoms with van der Waals surface area (Å²) in [5.41, 5.74) is 9.41. The molecule has 1 amide bonds. The number of nitrogens with two attached hydrogens (primary N) is 1. The van der Waals surface area contributed by atoms with Crippen molar-refractivity contribution in [1.82, 2.24) is 19.7 Å². The van der Waals surface area contributed by atoms with Crippen molar-refractivity contribution in [2.75, 3.05) is 20.1 Å². The van der Waals surface area contributed by atoms with Gasteiger partial charge in [-0.3, -0.25) is 4.79 Å². The third-order valence-electron chi connectivity index (χ3n) is 6.76. The number of allylic oxidation sites excluding steroid dienone is 2. The number of aromatic nitrogens is 3. The molecule has 7 heteroatoms. The molecule has 2 aromatic carbocycles. The number of primary amides is 1. The van der Waals surface area contributed by atoms with Crippen LogP contribution in [0.1, 0.15) is 40.4 Å². The number of benzene rings is 2. The summed E-state index contributed by atoms with van der Waals surface area (Å²) in [7, 11) is 2.15. The number of carbonyl (C=O) groups is 1. The monoisotopic (exact) mass is 469 g/mol. The highest BCUT2D eigenvalue weighted by molar-refractivity contribution is 5.88. The van der Waals surface area contributed by atoms with Gasteiger partial charge in [-0.05, 0) is 55.6 Å². The number of ether oxygens (including phenoxy) is 1. The molecule has 1 saturated heterocycles. The van der Waals surface area contributed by atoms with Gasteiger partial charge in [-0.25, -0.2) is 9.67 Å². The summed E-state index contributed by atoms with van der Waals surface area (Å²) < 4.78 is 8.45. The van der Waals surface area contributed by atoms with E-state index in [1.54, 1.807) is 11.6 Å². The maximum Gasteiger partial charge on any atom is 0.288 e. The molecule has 3 aromatic rings. The van der Waals surface area contributed by atoms with Gasteiger partial charge in [-0.15, -0.1) is 5.10 Å². The Morgan fingerprint density at radius 1 is 1.17 bits per heavy atom. The molecule has 2 aliphatic rings. The van der Waals surface area contributed by atoms with Crippen LogP contribution in [-0.2, 0) is 11.2 Å². The first-order chi connectivity index (χ1) is 16.9. The van der Waals surface area contributed by atoms with E-state index in [0.717, 1.165) is 38.0 Å². The van der Waals surface area contributed by atoms with E-state index in [1.807, 2.05) is 18.2 Å². The molecule has 0 radical (unpaired) electrons. The van der Waals surface area contributed by atoms with Crippen molar-refractivity contribution in [2.45, 2.75) is 37.9 Å². The van der Waals surface area contributed by atoms with Crippen LogP contribution in [0.4, 0.5) is 0 Å². The van der Waals surface area contributed by atoms with E-state index < -0.39 is 11.5 Å². The first-order valence-electron chi connectivity index (χ1n) is 12.0. The van der Waals surface area contributed by atoms with E-state index in [1.165, 1.54) is 16.7 Å². The van der Waals surface area contributed by atoms with Gasteiger partial charge in [0, 0.05) is 19.5 Å². The number of hydrogen-bond acceptors (Lipinski definition) is 5. The Kier molecular flexibility index (Phi) is 6.36. The number of carbonyl (C=O) groups excluding carboxylic acids is 1. The minimum atomic E-state index is -0.632. The lowest BCUT2D eigenvalue weighted by molar-refractivity contribution is -0.0558. The van der Waals surface area contributed by atoms with Gasteiger partial charge in [0.1, 0.15) is 5.82 Å². The standard InChI is InChI=1S/C28H31N5O2/c1-20-30-27(26(29)34)31-33(20)24-10-8-21(9-11-24)18-28(35-25-14-17-32(2)19-25)15-12-23(13-16-28)22-6-4-3-5-7-22/h3-13,15,25H,14,16-19H2,1-2H3,(H2,29,34)/t25?,28-/m0/s1. The van der Waals surface area contributed by atoms with E-state index in [2.05, 4.69) is 76.7 Å². The second-order valence-corrected chi connectivity index (χ2v) is 9.52. The number of likely N-dealkylation sites (N-methyl/N-ethyl adjacent to an activating group) is 1. The number of likely N-dealkylation sites (tertiary alicyclic amines) is 1. The number of amides is 1. The summed E-state index contributed by atoms with van der Waals surface area (Å²) in [6.45, 7) is 3.82. The van der Waals surface area contributed by atoms with Crippen LogP contribution < -0.4 is 5.73 Å². The average Bonchev–Trinajstić information content (AvgIpc) is 3.45. The number of rotatable bonds is 7. The lowest BCUT2D eigenvalue weighted by atomic mass is 9.84. The van der Waals surface area contributed by atoms with Gasteiger partial charge < -0.3 is 15.4 Å². The zero-order valence-corrected chi connectivity index (χ0v) is 20.2. The van der Waals surface area contributed by atoms with Gasteiger partial charge in [-0.2, -0.15) is 0 Å². The first-order valence-corrected chi connectivity index (χ1v) is 12.0. The molecule has 5 rings (SSSR count). The molecular weight excluding hydrogens is 438 g/mol. The van der Waals surface area contributed by atoms with E-state index in [4.69, 9.17) is 10.5 Å². The normalized spacial score (nSPS) is 22.3.